The number of halogens is 1. The highest BCUT2D eigenvalue weighted by Crippen LogP contribution is 2.18. The number of nitrogens with one attached hydrogen (secondary N) is 3. The maximum absolute atomic E-state index is 13.4. The average molecular weight is 295 g/mol. The molecule has 0 aromatic heterocycles. The number of hydrogen-bond acceptors (Lipinski definition) is 3. The van der Waals surface area contributed by atoms with Gasteiger partial charge in [0.25, 0.3) is 0 Å². The Labute approximate surface area is 119 Å². The van der Waals surface area contributed by atoms with Crippen molar-refractivity contribution in [3.8, 4) is 0 Å². The summed E-state index contributed by atoms with van der Waals surface area (Å²) in [5.74, 6) is -2.63. The normalized spacial score (nSPS) is 13.4. The molecule has 112 valence electrons. The van der Waals surface area contributed by atoms with Gasteiger partial charge in [0, 0.05) is 11.7 Å². The molecule has 2 rings (SSSR count). The molecule has 1 aromatic rings. The van der Waals surface area contributed by atoms with Gasteiger partial charge in [0.2, 0.25) is 5.91 Å². The fourth-order valence-electron chi connectivity index (χ4n) is 1.61. The van der Waals surface area contributed by atoms with Gasteiger partial charge in [-0.25, -0.2) is 14.0 Å². The number of hydrogen-bond donors (Lipinski definition) is 4. The molecule has 0 heterocycles. The minimum Gasteiger partial charge on any atom is -0.478 e. The first-order valence-corrected chi connectivity index (χ1v) is 6.33. The van der Waals surface area contributed by atoms with Crippen molar-refractivity contribution in [3.63, 3.8) is 0 Å². The van der Waals surface area contributed by atoms with Gasteiger partial charge in [0.1, 0.15) is 5.82 Å². The van der Waals surface area contributed by atoms with Crippen LogP contribution in [0, 0.1) is 5.82 Å². The minimum absolute atomic E-state index is 0.0950. The van der Waals surface area contributed by atoms with Crippen LogP contribution in [0.3, 0.4) is 0 Å². The van der Waals surface area contributed by atoms with Crippen molar-refractivity contribution in [1.82, 2.24) is 10.6 Å². The van der Waals surface area contributed by atoms with Gasteiger partial charge in [0.15, 0.2) is 0 Å². The number of carboxylic acids is 1. The third kappa shape index (κ3) is 4.44. The lowest BCUT2D eigenvalue weighted by Gasteiger charge is -2.08. The molecule has 7 nitrogen and oxygen atoms in total. The standard InChI is InChI=1S/C13H14FN3O4/c14-10-5-8(3-4-9(10)12(19)20)17-13(21)15-6-11(18)16-7-1-2-7/h3-5,7H,1-2,6H2,(H,16,18)(H,19,20)(H2,15,17,21). The monoisotopic (exact) mass is 295 g/mol. The van der Waals surface area contributed by atoms with E-state index in [4.69, 9.17) is 5.11 Å². The lowest BCUT2D eigenvalue weighted by Crippen LogP contribution is -2.39. The van der Waals surface area contributed by atoms with E-state index >= 15 is 0 Å². The number of benzene rings is 1. The summed E-state index contributed by atoms with van der Waals surface area (Å²) in [7, 11) is 0. The number of carbonyl (C=O) groups is 3. The summed E-state index contributed by atoms with van der Waals surface area (Å²) in [6.07, 6.45) is 1.90. The predicted molar refractivity (Wildman–Crippen MR) is 71.5 cm³/mol. The van der Waals surface area contributed by atoms with Gasteiger partial charge >= 0.3 is 12.0 Å². The molecule has 0 spiro atoms. The Morgan fingerprint density at radius 1 is 1.29 bits per heavy atom. The number of carboxylic acid groups (broad SMARTS) is 1. The summed E-state index contributed by atoms with van der Waals surface area (Å²) in [4.78, 5) is 33.5. The second-order valence-electron chi connectivity index (χ2n) is 4.65. The summed E-state index contributed by atoms with van der Waals surface area (Å²) in [6.45, 7) is -0.183. The molecule has 0 saturated heterocycles. The van der Waals surface area contributed by atoms with Crippen LogP contribution in [0.4, 0.5) is 14.9 Å². The summed E-state index contributed by atoms with van der Waals surface area (Å²) >= 11 is 0. The number of carbonyl (C=O) groups excluding carboxylic acids is 2. The van der Waals surface area contributed by atoms with Crippen LogP contribution in [-0.4, -0.2) is 35.6 Å². The van der Waals surface area contributed by atoms with Crippen LogP contribution in [0.25, 0.3) is 0 Å². The molecule has 1 saturated carbocycles. The first kappa shape index (κ1) is 14.8. The fourth-order valence-corrected chi connectivity index (χ4v) is 1.61. The van der Waals surface area contributed by atoms with Crippen LogP contribution in [0.5, 0.6) is 0 Å². The molecule has 0 radical (unpaired) electrons. The highest BCUT2D eigenvalue weighted by atomic mass is 19.1. The van der Waals surface area contributed by atoms with Crippen LogP contribution in [0.2, 0.25) is 0 Å². The van der Waals surface area contributed by atoms with Crippen LogP contribution in [0.15, 0.2) is 18.2 Å². The van der Waals surface area contributed by atoms with Crippen molar-refractivity contribution in [2.24, 2.45) is 0 Å². The molecule has 0 bridgehead atoms. The lowest BCUT2D eigenvalue weighted by atomic mass is 10.2. The van der Waals surface area contributed by atoms with E-state index in [0.29, 0.717) is 0 Å². The Hall–Kier alpha value is -2.64. The Kier molecular flexibility index (Phi) is 4.36. The Morgan fingerprint density at radius 2 is 2.00 bits per heavy atom. The highest BCUT2D eigenvalue weighted by Gasteiger charge is 2.23. The van der Waals surface area contributed by atoms with Gasteiger partial charge in [0.05, 0.1) is 12.1 Å². The van der Waals surface area contributed by atoms with Gasteiger partial charge in [-0.2, -0.15) is 0 Å². The average Bonchev–Trinajstić information content (AvgIpc) is 3.20. The van der Waals surface area contributed by atoms with E-state index in [1.165, 1.54) is 6.07 Å². The molecular formula is C13H14FN3O4. The first-order chi connectivity index (χ1) is 9.95. The SMILES string of the molecule is O=C(CNC(=O)Nc1ccc(C(=O)O)c(F)c1)NC1CC1. The van der Waals surface area contributed by atoms with E-state index < -0.39 is 23.4 Å². The predicted octanol–water partition coefficient (Wildman–Crippen LogP) is 0.924. The van der Waals surface area contributed by atoms with Gasteiger partial charge in [-0.15, -0.1) is 0 Å². The zero-order valence-electron chi connectivity index (χ0n) is 11.0. The van der Waals surface area contributed by atoms with Crippen LogP contribution >= 0.6 is 0 Å². The van der Waals surface area contributed by atoms with Crippen molar-refractivity contribution in [2.45, 2.75) is 18.9 Å². The maximum atomic E-state index is 13.4. The van der Waals surface area contributed by atoms with Crippen LogP contribution in [0.1, 0.15) is 23.2 Å². The summed E-state index contributed by atoms with van der Waals surface area (Å²) in [6, 6.07) is 2.74. The van der Waals surface area contributed by atoms with Gasteiger partial charge in [-0.3, -0.25) is 4.79 Å². The van der Waals surface area contributed by atoms with Crippen molar-refractivity contribution in [3.05, 3.63) is 29.6 Å². The molecule has 0 atom stereocenters. The topological polar surface area (TPSA) is 108 Å². The minimum atomic E-state index is -1.39. The molecule has 0 aliphatic heterocycles. The summed E-state index contributed by atoms with van der Waals surface area (Å²) in [5.41, 5.74) is -0.387. The zero-order valence-corrected chi connectivity index (χ0v) is 11.0. The van der Waals surface area contributed by atoms with Crippen LogP contribution in [-0.2, 0) is 4.79 Å². The maximum Gasteiger partial charge on any atom is 0.338 e. The molecule has 1 fully saturated rings. The Morgan fingerprint density at radius 3 is 2.57 bits per heavy atom. The molecule has 21 heavy (non-hydrogen) atoms. The number of anilines is 1. The van der Waals surface area contributed by atoms with Gasteiger partial charge < -0.3 is 21.1 Å². The molecule has 1 aromatic carbocycles. The first-order valence-electron chi connectivity index (χ1n) is 6.33. The number of aromatic carboxylic acids is 1. The summed E-state index contributed by atoms with van der Waals surface area (Å²) in [5, 5.41) is 16.0. The second kappa shape index (κ2) is 6.21. The van der Waals surface area contributed by atoms with E-state index in [-0.39, 0.29) is 24.2 Å². The molecule has 0 unspecified atom stereocenters. The van der Waals surface area contributed by atoms with Crippen molar-refractivity contribution in [1.29, 1.82) is 0 Å². The number of rotatable bonds is 5. The van der Waals surface area contributed by atoms with Crippen LogP contribution < -0.4 is 16.0 Å². The molecule has 4 N–H and O–H groups in total. The van der Waals surface area contributed by atoms with Crippen molar-refractivity contribution in [2.75, 3.05) is 11.9 Å². The quantitative estimate of drug-likeness (QED) is 0.648. The number of amides is 3. The van der Waals surface area contributed by atoms with Crippen molar-refractivity contribution < 1.29 is 23.9 Å². The smallest absolute Gasteiger partial charge is 0.338 e. The largest absolute Gasteiger partial charge is 0.478 e. The third-order valence-corrected chi connectivity index (χ3v) is 2.81. The van der Waals surface area contributed by atoms with E-state index in [0.717, 1.165) is 25.0 Å². The van der Waals surface area contributed by atoms with Crippen molar-refractivity contribution >= 4 is 23.6 Å². The van der Waals surface area contributed by atoms with E-state index in [1.807, 2.05) is 0 Å². The fraction of sp³-hybridized carbons (Fsp3) is 0.308. The molecule has 1 aliphatic rings. The summed E-state index contributed by atoms with van der Waals surface area (Å²) < 4.78 is 13.4. The Balaban J connectivity index is 1.82. The van der Waals surface area contributed by atoms with Gasteiger partial charge in [-0.05, 0) is 31.0 Å². The highest BCUT2D eigenvalue weighted by molar-refractivity contribution is 5.93. The third-order valence-electron chi connectivity index (χ3n) is 2.81. The Bertz CT molecular complexity index is 587. The molecule has 1 aliphatic carbocycles. The molecule has 8 heteroatoms. The molecular weight excluding hydrogens is 281 g/mol. The van der Waals surface area contributed by atoms with Gasteiger partial charge in [-0.1, -0.05) is 0 Å². The number of urea groups is 1. The van der Waals surface area contributed by atoms with E-state index in [9.17, 15) is 18.8 Å². The van der Waals surface area contributed by atoms with E-state index in [2.05, 4.69) is 16.0 Å². The molecule has 3 amide bonds. The zero-order chi connectivity index (χ0) is 15.4. The lowest BCUT2D eigenvalue weighted by molar-refractivity contribution is -0.120. The second-order valence-corrected chi connectivity index (χ2v) is 4.65. The van der Waals surface area contributed by atoms with E-state index in [1.54, 1.807) is 0 Å².